The van der Waals surface area contributed by atoms with E-state index in [4.69, 9.17) is 17.3 Å². The second-order valence-electron chi connectivity index (χ2n) is 7.07. The van der Waals surface area contributed by atoms with Crippen LogP contribution in [-0.2, 0) is 12.6 Å². The number of carbonyl (C=O) groups is 2. The summed E-state index contributed by atoms with van der Waals surface area (Å²) in [5, 5.41) is 12.1. The molecule has 170 valence electrons. The molecular formula is C21H18ClF4N3O3. The van der Waals surface area contributed by atoms with E-state index in [9.17, 15) is 32.3 Å². The van der Waals surface area contributed by atoms with Crippen LogP contribution >= 0.6 is 11.6 Å². The molecule has 2 amide bonds. The van der Waals surface area contributed by atoms with Crippen LogP contribution < -0.4 is 11.1 Å². The number of nitrogens with two attached hydrogens (primary N) is 1. The molecule has 11 heteroatoms. The van der Waals surface area contributed by atoms with Crippen LogP contribution in [-0.4, -0.2) is 21.6 Å². The van der Waals surface area contributed by atoms with Crippen molar-refractivity contribution < 1.29 is 32.3 Å². The van der Waals surface area contributed by atoms with Gasteiger partial charge >= 0.3 is 12.2 Å². The van der Waals surface area contributed by atoms with Crippen molar-refractivity contribution in [3.8, 4) is 5.88 Å². The summed E-state index contributed by atoms with van der Waals surface area (Å²) >= 11 is 5.69. The lowest BCUT2D eigenvalue weighted by Crippen LogP contribution is -2.21. The molecule has 0 aliphatic rings. The van der Waals surface area contributed by atoms with Crippen LogP contribution in [0.3, 0.4) is 0 Å². The number of amides is 2. The van der Waals surface area contributed by atoms with Crippen molar-refractivity contribution in [1.82, 2.24) is 4.57 Å². The first-order chi connectivity index (χ1) is 15.0. The van der Waals surface area contributed by atoms with Gasteiger partial charge in [-0.1, -0.05) is 31.0 Å². The van der Waals surface area contributed by atoms with Gasteiger partial charge in [0.15, 0.2) is 5.82 Å². The number of benzene rings is 2. The zero-order valence-corrected chi connectivity index (χ0v) is 17.4. The van der Waals surface area contributed by atoms with E-state index in [1.807, 2.05) is 6.92 Å². The van der Waals surface area contributed by atoms with Gasteiger partial charge in [-0.05, 0) is 42.7 Å². The third-order valence-electron chi connectivity index (χ3n) is 4.87. The molecule has 1 aromatic heterocycles. The van der Waals surface area contributed by atoms with Gasteiger partial charge < -0.3 is 16.2 Å². The number of fused-ring (bicyclic) bond motifs is 1. The molecule has 32 heavy (non-hydrogen) atoms. The summed E-state index contributed by atoms with van der Waals surface area (Å²) in [6, 6.07) is 4.47. The van der Waals surface area contributed by atoms with E-state index >= 15 is 0 Å². The number of anilines is 1. The first kappa shape index (κ1) is 23.4. The Morgan fingerprint density at radius 2 is 1.94 bits per heavy atom. The molecule has 0 spiro atoms. The molecule has 0 saturated carbocycles. The highest BCUT2D eigenvalue weighted by atomic mass is 35.5. The van der Waals surface area contributed by atoms with E-state index < -0.39 is 46.5 Å². The number of aromatic nitrogens is 1. The molecule has 0 atom stereocenters. The van der Waals surface area contributed by atoms with Gasteiger partial charge in [0.25, 0.3) is 5.91 Å². The highest BCUT2D eigenvalue weighted by Gasteiger charge is 2.38. The predicted octanol–water partition coefficient (Wildman–Crippen LogP) is 5.68. The SMILES string of the molecule is CCCCc1cc(C(F)(F)F)c2c(c1)c(C(=O)Nc1cccc(Cl)c1F)c(O)n2C(N)=O. The maximum absolute atomic E-state index is 14.2. The number of nitrogens with zero attached hydrogens (tertiary/aromatic N) is 1. The van der Waals surface area contributed by atoms with Crippen LogP contribution in [0.15, 0.2) is 30.3 Å². The maximum Gasteiger partial charge on any atom is 0.418 e. The first-order valence-corrected chi connectivity index (χ1v) is 9.87. The number of unbranched alkanes of at least 4 members (excludes halogenated alkanes) is 1. The number of nitrogens with one attached hydrogen (secondary N) is 1. The van der Waals surface area contributed by atoms with Gasteiger partial charge in [0.1, 0.15) is 5.56 Å². The zero-order chi connectivity index (χ0) is 23.8. The van der Waals surface area contributed by atoms with Crippen LogP contribution in [0.25, 0.3) is 10.9 Å². The second kappa shape index (κ2) is 8.70. The number of hydrogen-bond acceptors (Lipinski definition) is 3. The van der Waals surface area contributed by atoms with E-state index in [0.717, 1.165) is 6.07 Å². The number of carbonyl (C=O) groups excluding carboxylic acids is 2. The maximum atomic E-state index is 14.2. The van der Waals surface area contributed by atoms with Crippen molar-refractivity contribution in [1.29, 1.82) is 0 Å². The lowest BCUT2D eigenvalue weighted by molar-refractivity contribution is -0.136. The lowest BCUT2D eigenvalue weighted by atomic mass is 10.00. The van der Waals surface area contributed by atoms with Gasteiger partial charge in [0, 0.05) is 5.39 Å². The molecular weight excluding hydrogens is 454 g/mol. The molecule has 0 aliphatic carbocycles. The number of halogens is 5. The fraction of sp³-hybridized carbons (Fsp3) is 0.238. The van der Waals surface area contributed by atoms with Gasteiger partial charge in [0.05, 0.1) is 21.8 Å². The minimum atomic E-state index is -4.91. The van der Waals surface area contributed by atoms with E-state index in [-0.39, 0.29) is 32.6 Å². The number of rotatable bonds is 5. The molecule has 4 N–H and O–H groups in total. The van der Waals surface area contributed by atoms with Crippen LogP contribution in [0.4, 0.5) is 28.0 Å². The van der Waals surface area contributed by atoms with Gasteiger partial charge in [-0.3, -0.25) is 4.79 Å². The largest absolute Gasteiger partial charge is 0.494 e. The summed E-state index contributed by atoms with van der Waals surface area (Å²) < 4.78 is 55.9. The van der Waals surface area contributed by atoms with Gasteiger partial charge in [-0.15, -0.1) is 0 Å². The summed E-state index contributed by atoms with van der Waals surface area (Å²) in [7, 11) is 0. The summed E-state index contributed by atoms with van der Waals surface area (Å²) in [5.41, 5.74) is 2.45. The van der Waals surface area contributed by atoms with Crippen molar-refractivity contribution >= 4 is 40.1 Å². The number of aromatic hydroxyl groups is 1. The molecule has 0 radical (unpaired) electrons. The van der Waals surface area contributed by atoms with E-state index in [2.05, 4.69) is 5.32 Å². The number of aryl methyl sites for hydroxylation is 1. The van der Waals surface area contributed by atoms with Crippen LogP contribution in [0.5, 0.6) is 5.88 Å². The summed E-state index contributed by atoms with van der Waals surface area (Å²) in [6.07, 6.45) is -3.37. The molecule has 0 bridgehead atoms. The fourth-order valence-electron chi connectivity index (χ4n) is 3.43. The normalized spacial score (nSPS) is 11.7. The third-order valence-corrected chi connectivity index (χ3v) is 5.16. The quantitative estimate of drug-likeness (QED) is 0.417. The Bertz CT molecular complexity index is 1220. The highest BCUT2D eigenvalue weighted by Crippen LogP contribution is 2.41. The van der Waals surface area contributed by atoms with Crippen LogP contribution in [0.1, 0.15) is 41.3 Å². The molecule has 3 rings (SSSR count). The predicted molar refractivity (Wildman–Crippen MR) is 112 cm³/mol. The van der Waals surface area contributed by atoms with E-state index in [0.29, 0.717) is 12.8 Å². The Hall–Kier alpha value is -3.27. The van der Waals surface area contributed by atoms with Crippen LogP contribution in [0.2, 0.25) is 5.02 Å². The summed E-state index contributed by atoms with van der Waals surface area (Å²) in [4.78, 5) is 24.8. The lowest BCUT2D eigenvalue weighted by Gasteiger charge is -2.13. The van der Waals surface area contributed by atoms with Crippen molar-refractivity contribution in [3.05, 3.63) is 57.9 Å². The summed E-state index contributed by atoms with van der Waals surface area (Å²) in [6.45, 7) is 1.86. The van der Waals surface area contributed by atoms with Crippen molar-refractivity contribution in [3.63, 3.8) is 0 Å². The molecule has 2 aromatic carbocycles. The van der Waals surface area contributed by atoms with Crippen molar-refractivity contribution in [2.24, 2.45) is 5.73 Å². The van der Waals surface area contributed by atoms with E-state index in [1.54, 1.807) is 0 Å². The summed E-state index contributed by atoms with van der Waals surface area (Å²) in [5.74, 6) is -3.21. The van der Waals surface area contributed by atoms with Crippen molar-refractivity contribution in [2.75, 3.05) is 5.32 Å². The average molecular weight is 472 g/mol. The van der Waals surface area contributed by atoms with Crippen molar-refractivity contribution in [2.45, 2.75) is 32.4 Å². The minimum absolute atomic E-state index is 0.213. The average Bonchev–Trinajstić information content (AvgIpc) is 3.00. The zero-order valence-electron chi connectivity index (χ0n) is 16.7. The number of alkyl halides is 3. The Kier molecular flexibility index (Phi) is 6.36. The first-order valence-electron chi connectivity index (χ1n) is 9.50. The van der Waals surface area contributed by atoms with E-state index in [1.165, 1.54) is 24.3 Å². The fourth-order valence-corrected chi connectivity index (χ4v) is 3.60. The van der Waals surface area contributed by atoms with Gasteiger partial charge in [-0.25, -0.2) is 13.8 Å². The smallest absolute Gasteiger partial charge is 0.418 e. The Balaban J connectivity index is 2.29. The number of hydrogen-bond donors (Lipinski definition) is 3. The molecule has 0 saturated heterocycles. The highest BCUT2D eigenvalue weighted by molar-refractivity contribution is 6.31. The molecule has 1 heterocycles. The molecule has 3 aromatic rings. The van der Waals surface area contributed by atoms with Gasteiger partial charge in [-0.2, -0.15) is 13.2 Å². The topological polar surface area (TPSA) is 97.3 Å². The standard InChI is InChI=1S/C21H18ClF4N3O3/c1-2-3-5-10-8-11-15(18(30)28-14-7-4-6-13(22)16(14)23)19(31)29(20(27)32)17(11)12(9-10)21(24,25)26/h4,6-9,31H,2-3,5H2,1H3,(H2,27,32)(H,28,30). The molecule has 0 aliphatic heterocycles. The minimum Gasteiger partial charge on any atom is -0.494 e. The Morgan fingerprint density at radius 3 is 2.53 bits per heavy atom. The number of primary amides is 1. The monoisotopic (exact) mass is 471 g/mol. The molecule has 6 nitrogen and oxygen atoms in total. The van der Waals surface area contributed by atoms with Gasteiger partial charge in [0.2, 0.25) is 5.88 Å². The molecule has 0 fully saturated rings. The van der Waals surface area contributed by atoms with Crippen LogP contribution in [0, 0.1) is 5.82 Å². The third kappa shape index (κ3) is 4.22. The molecule has 0 unspecified atom stereocenters. The second-order valence-corrected chi connectivity index (χ2v) is 7.48. The Morgan fingerprint density at radius 1 is 1.25 bits per heavy atom. The Labute approximate surface area is 184 Å².